The third-order valence-corrected chi connectivity index (χ3v) is 2.54. The van der Waals surface area contributed by atoms with Crippen molar-refractivity contribution in [1.82, 2.24) is 5.32 Å². The van der Waals surface area contributed by atoms with Gasteiger partial charge in [0.2, 0.25) is 5.91 Å². The number of nitro groups is 1. The average molecular weight is 288 g/mol. The van der Waals surface area contributed by atoms with E-state index in [1.807, 2.05) is 7.05 Å². The Balaban J connectivity index is 0.00000324. The number of hydrogen-bond acceptors (Lipinski definition) is 4. The molecule has 0 heterocycles. The summed E-state index contributed by atoms with van der Waals surface area (Å²) in [4.78, 5) is 21.8. The first-order chi connectivity index (χ1) is 8.54. The maximum absolute atomic E-state index is 11.6. The molecule has 0 aromatic heterocycles. The summed E-state index contributed by atoms with van der Waals surface area (Å²) in [5.41, 5.74) is 1.28. The van der Waals surface area contributed by atoms with Crippen LogP contribution in [0.5, 0.6) is 0 Å². The van der Waals surface area contributed by atoms with Gasteiger partial charge < -0.3 is 10.6 Å². The first-order valence-corrected chi connectivity index (χ1v) is 5.74. The number of carbonyl (C=O) groups excluding carboxylic acids is 1. The zero-order valence-electron chi connectivity index (χ0n) is 10.9. The van der Waals surface area contributed by atoms with Crippen LogP contribution in [0.25, 0.3) is 0 Å². The van der Waals surface area contributed by atoms with Gasteiger partial charge in [0.25, 0.3) is 5.69 Å². The van der Waals surface area contributed by atoms with Crippen molar-refractivity contribution in [3.63, 3.8) is 0 Å². The minimum absolute atomic E-state index is 0. The molecule has 6 nitrogen and oxygen atoms in total. The van der Waals surface area contributed by atoms with E-state index in [4.69, 9.17) is 0 Å². The number of hydrogen-bond donors (Lipinski definition) is 2. The highest BCUT2D eigenvalue weighted by molar-refractivity contribution is 5.91. The summed E-state index contributed by atoms with van der Waals surface area (Å²) in [6.45, 7) is 2.56. The third-order valence-electron chi connectivity index (χ3n) is 2.54. The second kappa shape index (κ2) is 8.44. The molecule has 0 radical (unpaired) electrons. The largest absolute Gasteiger partial charge is 0.326 e. The van der Waals surface area contributed by atoms with Crippen LogP contribution in [-0.2, 0) is 4.79 Å². The molecule has 0 fully saturated rings. The van der Waals surface area contributed by atoms with Crippen LogP contribution in [0.2, 0.25) is 0 Å². The summed E-state index contributed by atoms with van der Waals surface area (Å²) < 4.78 is 0. The van der Waals surface area contributed by atoms with Gasteiger partial charge in [0.1, 0.15) is 0 Å². The standard InChI is InChI=1S/C12H17N3O3.ClH/c1-9-5-6-10(15(17)18)8-11(9)14-12(16)4-3-7-13-2;/h5-6,8,13H,3-4,7H2,1-2H3,(H,14,16);1H. The number of non-ortho nitro benzene ring substituents is 1. The van der Waals surface area contributed by atoms with Gasteiger partial charge in [0.05, 0.1) is 10.6 Å². The van der Waals surface area contributed by atoms with Gasteiger partial charge in [-0.15, -0.1) is 12.4 Å². The SMILES string of the molecule is CNCCCC(=O)Nc1cc([N+](=O)[O-])ccc1C.Cl. The van der Waals surface area contributed by atoms with E-state index in [0.29, 0.717) is 12.1 Å². The zero-order valence-corrected chi connectivity index (χ0v) is 11.8. The minimum Gasteiger partial charge on any atom is -0.326 e. The number of amides is 1. The van der Waals surface area contributed by atoms with Gasteiger partial charge in [-0.2, -0.15) is 0 Å². The van der Waals surface area contributed by atoms with E-state index in [2.05, 4.69) is 10.6 Å². The second-order valence-corrected chi connectivity index (χ2v) is 4.01. The summed E-state index contributed by atoms with van der Waals surface area (Å²) >= 11 is 0. The first kappa shape index (κ1) is 17.3. The van der Waals surface area contributed by atoms with Crippen LogP contribution in [-0.4, -0.2) is 24.4 Å². The lowest BCUT2D eigenvalue weighted by Gasteiger charge is -2.08. The topological polar surface area (TPSA) is 84.3 Å². The maximum Gasteiger partial charge on any atom is 0.271 e. The highest BCUT2D eigenvalue weighted by Gasteiger charge is 2.10. The lowest BCUT2D eigenvalue weighted by atomic mass is 10.1. The van der Waals surface area contributed by atoms with Crippen LogP contribution < -0.4 is 10.6 Å². The highest BCUT2D eigenvalue weighted by Crippen LogP contribution is 2.21. The number of aryl methyl sites for hydroxylation is 1. The van der Waals surface area contributed by atoms with E-state index >= 15 is 0 Å². The molecule has 0 saturated carbocycles. The molecule has 7 heteroatoms. The fourth-order valence-corrected chi connectivity index (χ4v) is 1.50. The van der Waals surface area contributed by atoms with Crippen LogP contribution in [0.4, 0.5) is 11.4 Å². The van der Waals surface area contributed by atoms with E-state index < -0.39 is 4.92 Å². The zero-order chi connectivity index (χ0) is 13.5. The van der Waals surface area contributed by atoms with Crippen LogP contribution in [0.3, 0.4) is 0 Å². The number of nitrogens with zero attached hydrogens (tertiary/aromatic N) is 1. The fraction of sp³-hybridized carbons (Fsp3) is 0.417. The Hall–Kier alpha value is -1.66. The first-order valence-electron chi connectivity index (χ1n) is 5.74. The van der Waals surface area contributed by atoms with Crippen molar-refractivity contribution in [2.75, 3.05) is 18.9 Å². The summed E-state index contributed by atoms with van der Waals surface area (Å²) in [7, 11) is 1.82. The molecule has 0 aliphatic carbocycles. The maximum atomic E-state index is 11.6. The predicted octanol–water partition coefficient (Wildman–Crippen LogP) is 2.26. The summed E-state index contributed by atoms with van der Waals surface area (Å²) in [6.07, 6.45) is 1.12. The van der Waals surface area contributed by atoms with E-state index in [-0.39, 0.29) is 24.0 Å². The number of rotatable bonds is 6. The van der Waals surface area contributed by atoms with Crippen LogP contribution in [0, 0.1) is 17.0 Å². The third kappa shape index (κ3) is 5.67. The Kier molecular flexibility index (Phi) is 7.71. The Bertz CT molecular complexity index is 452. The van der Waals surface area contributed by atoms with Gasteiger partial charge in [0, 0.05) is 18.6 Å². The molecular formula is C12H18ClN3O3. The van der Waals surface area contributed by atoms with Crippen molar-refractivity contribution >= 4 is 29.7 Å². The molecule has 1 rings (SSSR count). The molecule has 106 valence electrons. The van der Waals surface area contributed by atoms with Crippen LogP contribution >= 0.6 is 12.4 Å². The number of nitrogens with one attached hydrogen (secondary N) is 2. The minimum atomic E-state index is -0.476. The number of anilines is 1. The molecule has 1 amide bonds. The van der Waals surface area contributed by atoms with Gasteiger partial charge in [-0.3, -0.25) is 14.9 Å². The fourth-order valence-electron chi connectivity index (χ4n) is 1.50. The van der Waals surface area contributed by atoms with Gasteiger partial charge in [0.15, 0.2) is 0 Å². The van der Waals surface area contributed by atoms with Crippen molar-refractivity contribution in [3.05, 3.63) is 33.9 Å². The lowest BCUT2D eigenvalue weighted by Crippen LogP contribution is -2.15. The molecule has 1 aromatic rings. The molecule has 2 N–H and O–H groups in total. The quantitative estimate of drug-likeness (QED) is 0.477. The van der Waals surface area contributed by atoms with E-state index in [1.54, 1.807) is 13.0 Å². The number of nitro benzene ring substituents is 1. The van der Waals surface area contributed by atoms with Crippen molar-refractivity contribution in [3.8, 4) is 0 Å². The number of benzene rings is 1. The summed E-state index contributed by atoms with van der Waals surface area (Å²) in [5.74, 6) is -0.131. The van der Waals surface area contributed by atoms with Crippen molar-refractivity contribution in [2.45, 2.75) is 19.8 Å². The molecule has 0 atom stereocenters. The second-order valence-electron chi connectivity index (χ2n) is 4.01. The molecule has 0 aliphatic rings. The Labute approximate surface area is 118 Å². The molecule has 0 bridgehead atoms. The highest BCUT2D eigenvalue weighted by atomic mass is 35.5. The van der Waals surface area contributed by atoms with Gasteiger partial charge >= 0.3 is 0 Å². The average Bonchev–Trinajstić information content (AvgIpc) is 2.32. The van der Waals surface area contributed by atoms with Crippen molar-refractivity contribution in [1.29, 1.82) is 0 Å². The normalized spacial score (nSPS) is 9.58. The molecular weight excluding hydrogens is 270 g/mol. The molecule has 0 unspecified atom stereocenters. The molecule has 19 heavy (non-hydrogen) atoms. The number of halogens is 1. The van der Waals surface area contributed by atoms with Gasteiger partial charge in [-0.05, 0) is 32.5 Å². The number of carbonyl (C=O) groups is 1. The van der Waals surface area contributed by atoms with E-state index in [9.17, 15) is 14.9 Å². The Morgan fingerprint density at radius 2 is 2.11 bits per heavy atom. The Morgan fingerprint density at radius 3 is 2.68 bits per heavy atom. The van der Waals surface area contributed by atoms with Crippen LogP contribution in [0.1, 0.15) is 18.4 Å². The summed E-state index contributed by atoms with van der Waals surface area (Å²) in [5, 5.41) is 16.3. The summed E-state index contributed by atoms with van der Waals surface area (Å²) in [6, 6.07) is 4.43. The predicted molar refractivity (Wildman–Crippen MR) is 76.9 cm³/mol. The Morgan fingerprint density at radius 1 is 1.42 bits per heavy atom. The van der Waals surface area contributed by atoms with E-state index in [0.717, 1.165) is 18.5 Å². The van der Waals surface area contributed by atoms with Crippen molar-refractivity contribution < 1.29 is 9.72 Å². The van der Waals surface area contributed by atoms with Crippen LogP contribution in [0.15, 0.2) is 18.2 Å². The monoisotopic (exact) mass is 287 g/mol. The van der Waals surface area contributed by atoms with E-state index in [1.165, 1.54) is 12.1 Å². The smallest absolute Gasteiger partial charge is 0.271 e. The van der Waals surface area contributed by atoms with Gasteiger partial charge in [-0.25, -0.2) is 0 Å². The molecule has 0 spiro atoms. The lowest BCUT2D eigenvalue weighted by molar-refractivity contribution is -0.384. The molecule has 1 aromatic carbocycles. The molecule has 0 aliphatic heterocycles. The molecule has 0 saturated heterocycles. The van der Waals surface area contributed by atoms with Gasteiger partial charge in [-0.1, -0.05) is 6.07 Å². The van der Waals surface area contributed by atoms with Crippen molar-refractivity contribution in [2.24, 2.45) is 0 Å².